The van der Waals surface area contributed by atoms with Crippen LogP contribution in [0, 0.1) is 5.82 Å². The summed E-state index contributed by atoms with van der Waals surface area (Å²) in [5, 5.41) is 10.2. The molecule has 1 N–H and O–H groups in total. The van der Waals surface area contributed by atoms with Crippen molar-refractivity contribution in [3.05, 3.63) is 64.9 Å². The maximum Gasteiger partial charge on any atom is 0.127 e. The van der Waals surface area contributed by atoms with Crippen LogP contribution < -0.4 is 4.74 Å². The lowest BCUT2D eigenvalue weighted by Gasteiger charge is -2.12. The summed E-state index contributed by atoms with van der Waals surface area (Å²) in [4.78, 5) is 0. The van der Waals surface area contributed by atoms with Crippen LogP contribution in [0.5, 0.6) is 5.75 Å². The molecule has 20 heavy (non-hydrogen) atoms. The van der Waals surface area contributed by atoms with Crippen LogP contribution in [-0.4, -0.2) is 17.8 Å². The second-order valence-corrected chi connectivity index (χ2v) is 4.98. The zero-order chi connectivity index (χ0) is 14.4. The van der Waals surface area contributed by atoms with E-state index in [2.05, 4.69) is 0 Å². The van der Waals surface area contributed by atoms with Gasteiger partial charge in [0.05, 0.1) is 12.7 Å². The second kappa shape index (κ2) is 7.27. The van der Waals surface area contributed by atoms with E-state index in [4.69, 9.17) is 16.3 Å². The van der Waals surface area contributed by atoms with Crippen LogP contribution in [0.15, 0.2) is 48.5 Å². The molecule has 0 saturated carbocycles. The highest BCUT2D eigenvalue weighted by atomic mass is 35.5. The summed E-state index contributed by atoms with van der Waals surface area (Å²) in [6.45, 7) is 0.389. The third kappa shape index (κ3) is 4.51. The molecule has 2 aromatic carbocycles. The first-order valence-electron chi connectivity index (χ1n) is 6.45. The van der Waals surface area contributed by atoms with Gasteiger partial charge in [-0.15, -0.1) is 0 Å². The van der Waals surface area contributed by atoms with Gasteiger partial charge < -0.3 is 9.84 Å². The van der Waals surface area contributed by atoms with Crippen LogP contribution in [0.3, 0.4) is 0 Å². The Kier molecular flexibility index (Phi) is 5.39. The Balaban J connectivity index is 1.79. The van der Waals surface area contributed by atoms with Gasteiger partial charge in [0.15, 0.2) is 0 Å². The number of aliphatic hydroxyl groups excluding tert-OH is 1. The van der Waals surface area contributed by atoms with Crippen molar-refractivity contribution in [2.45, 2.75) is 18.9 Å². The molecule has 0 fully saturated rings. The number of hydrogen-bond donors (Lipinski definition) is 1. The number of benzene rings is 2. The third-order valence-electron chi connectivity index (χ3n) is 2.93. The molecule has 0 aliphatic rings. The highest BCUT2D eigenvalue weighted by Crippen LogP contribution is 2.17. The molecule has 0 saturated heterocycles. The Morgan fingerprint density at radius 3 is 2.60 bits per heavy atom. The summed E-state index contributed by atoms with van der Waals surface area (Å²) in [6, 6.07) is 13.8. The van der Waals surface area contributed by atoms with Gasteiger partial charge in [0.1, 0.15) is 11.6 Å². The van der Waals surface area contributed by atoms with E-state index in [1.165, 1.54) is 6.07 Å². The topological polar surface area (TPSA) is 29.5 Å². The molecule has 0 aliphatic heterocycles. The van der Waals surface area contributed by atoms with E-state index in [1.54, 1.807) is 12.1 Å². The van der Waals surface area contributed by atoms with Crippen molar-refractivity contribution in [2.75, 3.05) is 6.61 Å². The van der Waals surface area contributed by atoms with Gasteiger partial charge >= 0.3 is 0 Å². The van der Waals surface area contributed by atoms with Crippen molar-refractivity contribution in [1.29, 1.82) is 0 Å². The monoisotopic (exact) mass is 294 g/mol. The van der Waals surface area contributed by atoms with Crippen molar-refractivity contribution >= 4 is 11.6 Å². The summed E-state index contributed by atoms with van der Waals surface area (Å²) in [7, 11) is 0. The van der Waals surface area contributed by atoms with E-state index in [0.29, 0.717) is 23.6 Å². The largest absolute Gasteiger partial charge is 0.493 e. The van der Waals surface area contributed by atoms with Crippen LogP contribution >= 0.6 is 11.6 Å². The number of aliphatic hydroxyl groups is 1. The SMILES string of the molecule is OC(CCOc1ccccc1)Cc1ccc(Cl)cc1F. The molecular weight excluding hydrogens is 279 g/mol. The lowest BCUT2D eigenvalue weighted by molar-refractivity contribution is 0.138. The predicted molar refractivity (Wildman–Crippen MR) is 77.7 cm³/mol. The van der Waals surface area contributed by atoms with Crippen molar-refractivity contribution in [3.8, 4) is 5.75 Å². The van der Waals surface area contributed by atoms with E-state index in [9.17, 15) is 9.50 Å². The minimum Gasteiger partial charge on any atom is -0.493 e. The molecule has 2 rings (SSSR count). The highest BCUT2D eigenvalue weighted by Gasteiger charge is 2.10. The molecule has 0 bridgehead atoms. The van der Waals surface area contributed by atoms with Gasteiger partial charge in [0.25, 0.3) is 0 Å². The van der Waals surface area contributed by atoms with Crippen LogP contribution in [0.25, 0.3) is 0 Å². The fraction of sp³-hybridized carbons (Fsp3) is 0.250. The first-order chi connectivity index (χ1) is 9.65. The van der Waals surface area contributed by atoms with Crippen molar-refractivity contribution in [3.63, 3.8) is 0 Å². The van der Waals surface area contributed by atoms with E-state index in [1.807, 2.05) is 30.3 Å². The van der Waals surface area contributed by atoms with Gasteiger partial charge in [0, 0.05) is 17.9 Å². The predicted octanol–water partition coefficient (Wildman–Crippen LogP) is 3.85. The number of halogens is 2. The van der Waals surface area contributed by atoms with Crippen LogP contribution in [0.4, 0.5) is 4.39 Å². The highest BCUT2D eigenvalue weighted by molar-refractivity contribution is 6.30. The Morgan fingerprint density at radius 1 is 1.15 bits per heavy atom. The maximum absolute atomic E-state index is 13.6. The van der Waals surface area contributed by atoms with Crippen LogP contribution in [0.1, 0.15) is 12.0 Å². The minimum absolute atomic E-state index is 0.251. The van der Waals surface area contributed by atoms with Gasteiger partial charge in [-0.2, -0.15) is 0 Å². The lowest BCUT2D eigenvalue weighted by Crippen LogP contribution is -2.15. The Labute approximate surface area is 122 Å². The zero-order valence-electron chi connectivity index (χ0n) is 10.9. The molecule has 0 aliphatic carbocycles. The zero-order valence-corrected chi connectivity index (χ0v) is 11.7. The van der Waals surface area contributed by atoms with Crippen LogP contribution in [0.2, 0.25) is 5.02 Å². The average Bonchev–Trinajstić information content (AvgIpc) is 2.43. The minimum atomic E-state index is -0.644. The quantitative estimate of drug-likeness (QED) is 0.877. The summed E-state index contributed by atoms with van der Waals surface area (Å²) >= 11 is 5.68. The number of rotatable bonds is 6. The fourth-order valence-electron chi connectivity index (χ4n) is 1.87. The van der Waals surface area contributed by atoms with Gasteiger partial charge in [-0.25, -0.2) is 4.39 Å². The molecule has 0 radical (unpaired) electrons. The Bertz CT molecular complexity index is 545. The van der Waals surface area contributed by atoms with Gasteiger partial charge in [-0.1, -0.05) is 35.9 Å². The van der Waals surface area contributed by atoms with Gasteiger partial charge in [-0.05, 0) is 29.8 Å². The van der Waals surface area contributed by atoms with Crippen molar-refractivity contribution in [2.24, 2.45) is 0 Å². The summed E-state index contributed by atoms with van der Waals surface area (Å²) in [5.74, 6) is 0.373. The molecule has 0 spiro atoms. The molecule has 1 atom stereocenters. The number of ether oxygens (including phenoxy) is 1. The molecule has 2 aromatic rings. The van der Waals surface area contributed by atoms with Gasteiger partial charge in [0.2, 0.25) is 0 Å². The van der Waals surface area contributed by atoms with Crippen molar-refractivity contribution < 1.29 is 14.2 Å². The molecule has 0 amide bonds. The molecule has 2 nitrogen and oxygen atoms in total. The summed E-state index contributed by atoms with van der Waals surface area (Å²) < 4.78 is 19.1. The van der Waals surface area contributed by atoms with Gasteiger partial charge in [-0.3, -0.25) is 0 Å². The smallest absolute Gasteiger partial charge is 0.127 e. The standard InChI is InChI=1S/C16H16ClFO2/c17-13-7-6-12(16(18)11-13)10-14(19)8-9-20-15-4-2-1-3-5-15/h1-7,11,14,19H,8-10H2. The first-order valence-corrected chi connectivity index (χ1v) is 6.83. The third-order valence-corrected chi connectivity index (χ3v) is 3.17. The normalized spacial score (nSPS) is 12.2. The summed E-state index contributed by atoms with van der Waals surface area (Å²) in [5.41, 5.74) is 0.460. The number of hydrogen-bond acceptors (Lipinski definition) is 2. The molecule has 4 heteroatoms. The molecule has 1 unspecified atom stereocenters. The Hall–Kier alpha value is -1.58. The first kappa shape index (κ1) is 14.8. The maximum atomic E-state index is 13.6. The van der Waals surface area contributed by atoms with Crippen molar-refractivity contribution in [1.82, 2.24) is 0 Å². The molecule has 0 heterocycles. The molecular formula is C16H16ClFO2. The van der Waals surface area contributed by atoms with E-state index in [0.717, 1.165) is 5.75 Å². The van der Waals surface area contributed by atoms with E-state index >= 15 is 0 Å². The number of para-hydroxylation sites is 1. The van der Waals surface area contributed by atoms with Crippen LogP contribution in [-0.2, 0) is 6.42 Å². The van der Waals surface area contributed by atoms with E-state index in [-0.39, 0.29) is 12.2 Å². The summed E-state index contributed by atoms with van der Waals surface area (Å²) in [6.07, 6.45) is 0.0485. The molecule has 106 valence electrons. The molecule has 0 aromatic heterocycles. The lowest BCUT2D eigenvalue weighted by atomic mass is 10.1. The average molecular weight is 295 g/mol. The second-order valence-electron chi connectivity index (χ2n) is 4.54. The fourth-order valence-corrected chi connectivity index (χ4v) is 2.03. The Morgan fingerprint density at radius 2 is 1.90 bits per heavy atom. The van der Waals surface area contributed by atoms with E-state index < -0.39 is 6.10 Å².